The first-order valence-corrected chi connectivity index (χ1v) is 5.22. The molecule has 1 heterocycles. The van der Waals surface area contributed by atoms with Crippen molar-refractivity contribution in [1.82, 2.24) is 9.78 Å². The normalized spacial score (nSPS) is 10.2. The molecular formula is C13H12N2O2. The van der Waals surface area contributed by atoms with Crippen LogP contribution < -0.4 is 5.56 Å². The number of aromatic nitrogens is 2. The van der Waals surface area contributed by atoms with E-state index in [0.29, 0.717) is 12.0 Å². The molecule has 0 aliphatic carbocycles. The molecule has 0 radical (unpaired) electrons. The summed E-state index contributed by atoms with van der Waals surface area (Å²) in [5.41, 5.74) is 2.40. The predicted octanol–water partition coefficient (Wildman–Crippen LogP) is 1.57. The minimum Gasteiger partial charge on any atom is -0.298 e. The second-order valence-electron chi connectivity index (χ2n) is 3.90. The third-order valence-corrected chi connectivity index (χ3v) is 2.57. The monoisotopic (exact) mass is 228 g/mol. The van der Waals surface area contributed by atoms with Crippen LogP contribution in [0.5, 0.6) is 0 Å². The van der Waals surface area contributed by atoms with Crippen LogP contribution in [0.4, 0.5) is 0 Å². The summed E-state index contributed by atoms with van der Waals surface area (Å²) in [6.45, 7) is 1.99. The van der Waals surface area contributed by atoms with Crippen molar-refractivity contribution < 1.29 is 4.79 Å². The first-order valence-electron chi connectivity index (χ1n) is 5.22. The molecule has 17 heavy (non-hydrogen) atoms. The molecule has 1 aromatic heterocycles. The van der Waals surface area contributed by atoms with Crippen molar-refractivity contribution in [2.75, 3.05) is 0 Å². The standard InChI is InChI=1S/C13H12N2O2/c1-9-3-5-10(6-4-9)12-7-11(8-16)13(17)15(2)14-12/h3-8H,1-2H3. The summed E-state index contributed by atoms with van der Waals surface area (Å²) < 4.78 is 1.18. The second kappa shape index (κ2) is 4.33. The van der Waals surface area contributed by atoms with Crippen molar-refractivity contribution in [3.05, 3.63) is 51.8 Å². The first-order chi connectivity index (χ1) is 8.11. The molecule has 0 atom stereocenters. The van der Waals surface area contributed by atoms with E-state index in [9.17, 15) is 9.59 Å². The zero-order valence-electron chi connectivity index (χ0n) is 9.68. The molecule has 0 spiro atoms. The number of nitrogens with zero attached hydrogens (tertiary/aromatic N) is 2. The van der Waals surface area contributed by atoms with Gasteiger partial charge in [0.1, 0.15) is 0 Å². The van der Waals surface area contributed by atoms with Crippen molar-refractivity contribution in [1.29, 1.82) is 0 Å². The van der Waals surface area contributed by atoms with E-state index in [2.05, 4.69) is 5.10 Å². The van der Waals surface area contributed by atoms with Crippen LogP contribution in [0.25, 0.3) is 11.3 Å². The SMILES string of the molecule is Cc1ccc(-c2cc(C=O)c(=O)n(C)n2)cc1. The van der Waals surface area contributed by atoms with Gasteiger partial charge in [0.05, 0.1) is 11.3 Å². The molecule has 0 aliphatic heterocycles. The summed E-state index contributed by atoms with van der Waals surface area (Å²) in [4.78, 5) is 22.3. The Kier molecular flexibility index (Phi) is 2.87. The molecule has 0 saturated carbocycles. The molecule has 0 fully saturated rings. The summed E-state index contributed by atoms with van der Waals surface area (Å²) in [5, 5.41) is 4.13. The van der Waals surface area contributed by atoms with Crippen molar-refractivity contribution in [3.63, 3.8) is 0 Å². The Morgan fingerprint density at radius 3 is 2.47 bits per heavy atom. The van der Waals surface area contributed by atoms with Crippen molar-refractivity contribution in [3.8, 4) is 11.3 Å². The first kappa shape index (κ1) is 11.3. The maximum Gasteiger partial charge on any atom is 0.277 e. The van der Waals surface area contributed by atoms with E-state index in [0.717, 1.165) is 11.1 Å². The third-order valence-electron chi connectivity index (χ3n) is 2.57. The second-order valence-corrected chi connectivity index (χ2v) is 3.90. The van der Waals surface area contributed by atoms with E-state index in [4.69, 9.17) is 0 Å². The number of hydrogen-bond acceptors (Lipinski definition) is 3. The van der Waals surface area contributed by atoms with Crippen molar-refractivity contribution >= 4 is 6.29 Å². The van der Waals surface area contributed by atoms with Gasteiger partial charge in [-0.15, -0.1) is 0 Å². The quantitative estimate of drug-likeness (QED) is 0.733. The molecule has 0 aliphatic rings. The zero-order chi connectivity index (χ0) is 12.4. The van der Waals surface area contributed by atoms with Crippen molar-refractivity contribution in [2.24, 2.45) is 7.05 Å². The Hall–Kier alpha value is -2.23. The maximum atomic E-state index is 11.5. The summed E-state index contributed by atoms with van der Waals surface area (Å²) in [6.07, 6.45) is 0.557. The van der Waals surface area contributed by atoms with Gasteiger partial charge in [-0.05, 0) is 13.0 Å². The molecule has 0 bridgehead atoms. The highest BCUT2D eigenvalue weighted by molar-refractivity contribution is 5.76. The smallest absolute Gasteiger partial charge is 0.277 e. The van der Waals surface area contributed by atoms with E-state index >= 15 is 0 Å². The fraction of sp³-hybridized carbons (Fsp3) is 0.154. The highest BCUT2D eigenvalue weighted by Gasteiger charge is 2.06. The molecule has 4 heteroatoms. The van der Waals surface area contributed by atoms with Gasteiger partial charge in [-0.3, -0.25) is 9.59 Å². The average Bonchev–Trinajstić information content (AvgIpc) is 2.33. The van der Waals surface area contributed by atoms with E-state index in [1.807, 2.05) is 31.2 Å². The van der Waals surface area contributed by atoms with E-state index < -0.39 is 0 Å². The lowest BCUT2D eigenvalue weighted by atomic mass is 10.1. The van der Waals surface area contributed by atoms with Gasteiger partial charge >= 0.3 is 0 Å². The Morgan fingerprint density at radius 1 is 1.24 bits per heavy atom. The van der Waals surface area contributed by atoms with Gasteiger partial charge < -0.3 is 0 Å². The Morgan fingerprint density at radius 2 is 1.88 bits per heavy atom. The lowest BCUT2D eigenvalue weighted by Gasteiger charge is -2.04. The minimum absolute atomic E-state index is 0.123. The average molecular weight is 228 g/mol. The van der Waals surface area contributed by atoms with Gasteiger partial charge in [0.2, 0.25) is 0 Å². The molecule has 1 aromatic carbocycles. The number of aryl methyl sites for hydroxylation is 2. The topological polar surface area (TPSA) is 52.0 Å². The Balaban J connectivity index is 2.60. The summed E-state index contributed by atoms with van der Waals surface area (Å²) >= 11 is 0. The van der Waals surface area contributed by atoms with E-state index in [1.54, 1.807) is 0 Å². The highest BCUT2D eigenvalue weighted by atomic mass is 16.1. The Bertz CT molecular complexity index is 612. The number of benzene rings is 1. The number of carbonyl (C=O) groups excluding carboxylic acids is 1. The van der Waals surface area contributed by atoms with Crippen molar-refractivity contribution in [2.45, 2.75) is 6.92 Å². The zero-order valence-corrected chi connectivity index (χ0v) is 9.68. The largest absolute Gasteiger partial charge is 0.298 e. The molecular weight excluding hydrogens is 216 g/mol. The van der Waals surface area contributed by atoms with Gasteiger partial charge in [-0.2, -0.15) is 5.10 Å². The number of aldehydes is 1. The van der Waals surface area contributed by atoms with Crippen LogP contribution in [-0.2, 0) is 7.05 Å². The molecule has 2 aromatic rings. The van der Waals surface area contributed by atoms with Crippen LogP contribution in [0, 0.1) is 6.92 Å². The van der Waals surface area contributed by atoms with Gasteiger partial charge in [0.25, 0.3) is 5.56 Å². The van der Waals surface area contributed by atoms with Crippen LogP contribution in [-0.4, -0.2) is 16.1 Å². The Labute approximate surface area is 98.5 Å². The number of carbonyl (C=O) groups is 1. The fourth-order valence-electron chi connectivity index (χ4n) is 1.58. The van der Waals surface area contributed by atoms with E-state index in [-0.39, 0.29) is 11.1 Å². The maximum absolute atomic E-state index is 11.5. The summed E-state index contributed by atoms with van der Waals surface area (Å²) in [6, 6.07) is 9.26. The lowest BCUT2D eigenvalue weighted by molar-refractivity contribution is 0.112. The highest BCUT2D eigenvalue weighted by Crippen LogP contribution is 2.16. The van der Waals surface area contributed by atoms with Crippen LogP contribution in [0.15, 0.2) is 35.1 Å². The van der Waals surface area contributed by atoms with Gasteiger partial charge in [0.15, 0.2) is 6.29 Å². The third kappa shape index (κ3) is 2.15. The summed E-state index contributed by atoms with van der Waals surface area (Å²) in [7, 11) is 1.53. The fourth-order valence-corrected chi connectivity index (χ4v) is 1.58. The minimum atomic E-state index is -0.379. The van der Waals surface area contributed by atoms with Gasteiger partial charge in [-0.1, -0.05) is 29.8 Å². The number of rotatable bonds is 2. The van der Waals surface area contributed by atoms with E-state index in [1.165, 1.54) is 17.8 Å². The van der Waals surface area contributed by atoms with Crippen LogP contribution in [0.2, 0.25) is 0 Å². The van der Waals surface area contributed by atoms with Crippen LogP contribution >= 0.6 is 0 Å². The van der Waals surface area contributed by atoms with Gasteiger partial charge in [0, 0.05) is 12.6 Å². The molecule has 4 nitrogen and oxygen atoms in total. The lowest BCUT2D eigenvalue weighted by Crippen LogP contribution is -2.23. The number of hydrogen-bond donors (Lipinski definition) is 0. The molecule has 2 rings (SSSR count). The van der Waals surface area contributed by atoms with Gasteiger partial charge in [-0.25, -0.2) is 4.68 Å². The molecule has 0 amide bonds. The van der Waals surface area contributed by atoms with Crippen LogP contribution in [0.3, 0.4) is 0 Å². The molecule has 0 unspecified atom stereocenters. The molecule has 0 N–H and O–H groups in total. The summed E-state index contributed by atoms with van der Waals surface area (Å²) in [5.74, 6) is 0. The molecule has 0 saturated heterocycles. The van der Waals surface area contributed by atoms with Crippen LogP contribution in [0.1, 0.15) is 15.9 Å². The predicted molar refractivity (Wildman–Crippen MR) is 65.0 cm³/mol. The molecule has 86 valence electrons.